The molecule has 2 unspecified atom stereocenters. The zero-order valence-corrected chi connectivity index (χ0v) is 16.0. The average Bonchev–Trinajstić information content (AvgIpc) is 3.00. The number of sulfonamides is 1. The van der Waals surface area contributed by atoms with Gasteiger partial charge in [-0.1, -0.05) is 24.3 Å². The van der Waals surface area contributed by atoms with Crippen molar-refractivity contribution in [3.05, 3.63) is 53.3 Å². The van der Waals surface area contributed by atoms with Crippen molar-refractivity contribution >= 4 is 16.0 Å². The molecule has 0 saturated carbocycles. The van der Waals surface area contributed by atoms with Gasteiger partial charge in [0.2, 0.25) is 10.0 Å². The topological polar surface area (TPSA) is 72.9 Å². The molecule has 2 atom stereocenters. The number of allylic oxidation sites excluding steroid dienone is 1. The highest BCUT2D eigenvalue weighted by Crippen LogP contribution is 2.39. The van der Waals surface area contributed by atoms with Gasteiger partial charge in [-0.05, 0) is 38.5 Å². The van der Waals surface area contributed by atoms with Crippen molar-refractivity contribution in [2.45, 2.75) is 31.8 Å². The number of nitrogens with zero attached hydrogens (tertiary/aromatic N) is 1. The van der Waals surface area contributed by atoms with E-state index in [0.29, 0.717) is 16.9 Å². The number of esters is 1. The number of carbonyl (C=O) groups excluding carboxylic acids is 1. The minimum absolute atomic E-state index is 0.230. The molecule has 2 heterocycles. The predicted octanol–water partition coefficient (Wildman–Crippen LogP) is 2.41. The largest absolute Gasteiger partial charge is 0.492 e. The van der Waals surface area contributed by atoms with Crippen molar-refractivity contribution in [3.8, 4) is 0 Å². The molecule has 2 aliphatic heterocycles. The Balaban J connectivity index is 1.84. The minimum Gasteiger partial charge on any atom is -0.492 e. The van der Waals surface area contributed by atoms with Gasteiger partial charge in [-0.2, -0.15) is 4.31 Å². The SMILES string of the molecule is C=C1C(C(=O)OCC)=C(C)OC2CN(S(=O)(=O)c3ccc(C)cc3)CC12. The highest BCUT2D eigenvalue weighted by molar-refractivity contribution is 7.89. The molecule has 1 aromatic rings. The fraction of sp³-hybridized carbons (Fsp3) is 0.421. The van der Waals surface area contributed by atoms with E-state index in [1.165, 1.54) is 4.31 Å². The second-order valence-electron chi connectivity index (χ2n) is 6.57. The maximum atomic E-state index is 12.9. The Bertz CT molecular complexity index is 870. The number of rotatable bonds is 4. The van der Waals surface area contributed by atoms with Crippen LogP contribution in [0.25, 0.3) is 0 Å². The first-order valence-corrected chi connectivity index (χ1v) is 10.00. The van der Waals surface area contributed by atoms with Gasteiger partial charge in [0.05, 0.1) is 18.0 Å². The molecule has 1 saturated heterocycles. The van der Waals surface area contributed by atoms with Crippen LogP contribution in [0.4, 0.5) is 0 Å². The number of aryl methyl sites for hydroxylation is 1. The molecule has 26 heavy (non-hydrogen) atoms. The Morgan fingerprint density at radius 3 is 2.54 bits per heavy atom. The molecule has 140 valence electrons. The second kappa shape index (κ2) is 6.89. The first-order chi connectivity index (χ1) is 12.3. The molecule has 0 spiro atoms. The van der Waals surface area contributed by atoms with Crippen LogP contribution in [-0.2, 0) is 24.3 Å². The van der Waals surface area contributed by atoms with Crippen molar-refractivity contribution in [3.63, 3.8) is 0 Å². The number of fused-ring (bicyclic) bond motifs is 1. The average molecular weight is 377 g/mol. The normalized spacial score (nSPS) is 23.6. The zero-order valence-electron chi connectivity index (χ0n) is 15.2. The second-order valence-corrected chi connectivity index (χ2v) is 8.51. The lowest BCUT2D eigenvalue weighted by molar-refractivity contribution is -0.138. The summed E-state index contributed by atoms with van der Waals surface area (Å²) in [5.74, 6) is -0.309. The first-order valence-electron chi connectivity index (χ1n) is 8.56. The molecule has 1 fully saturated rings. The predicted molar refractivity (Wildman–Crippen MR) is 96.8 cm³/mol. The van der Waals surface area contributed by atoms with E-state index in [2.05, 4.69) is 6.58 Å². The summed E-state index contributed by atoms with van der Waals surface area (Å²) in [5, 5.41) is 0. The van der Waals surface area contributed by atoms with Gasteiger partial charge in [0.15, 0.2) is 0 Å². The summed E-state index contributed by atoms with van der Waals surface area (Å²) in [4.78, 5) is 12.4. The quantitative estimate of drug-likeness (QED) is 0.754. The highest BCUT2D eigenvalue weighted by Gasteiger charge is 2.46. The van der Waals surface area contributed by atoms with Crippen LogP contribution < -0.4 is 0 Å². The van der Waals surface area contributed by atoms with E-state index in [9.17, 15) is 13.2 Å². The fourth-order valence-corrected chi connectivity index (χ4v) is 4.90. The van der Waals surface area contributed by atoms with Crippen LogP contribution in [-0.4, -0.2) is 44.5 Å². The van der Waals surface area contributed by atoms with Gasteiger partial charge >= 0.3 is 5.97 Å². The number of hydrogen-bond acceptors (Lipinski definition) is 5. The monoisotopic (exact) mass is 377 g/mol. The molecule has 0 N–H and O–H groups in total. The number of ether oxygens (including phenoxy) is 2. The van der Waals surface area contributed by atoms with Crippen LogP contribution in [0.15, 0.2) is 52.6 Å². The van der Waals surface area contributed by atoms with E-state index in [1.807, 2.05) is 6.92 Å². The van der Waals surface area contributed by atoms with Crippen LogP contribution in [0.5, 0.6) is 0 Å². The van der Waals surface area contributed by atoms with Crippen LogP contribution in [0.3, 0.4) is 0 Å². The molecule has 0 bridgehead atoms. The lowest BCUT2D eigenvalue weighted by Crippen LogP contribution is -2.32. The van der Waals surface area contributed by atoms with Crippen LogP contribution in [0.2, 0.25) is 0 Å². The molecule has 6 nitrogen and oxygen atoms in total. The summed E-state index contributed by atoms with van der Waals surface area (Å²) in [6, 6.07) is 6.76. The molecular weight excluding hydrogens is 354 g/mol. The summed E-state index contributed by atoms with van der Waals surface area (Å²) in [7, 11) is -3.63. The molecular formula is C19H23NO5S. The molecule has 0 aromatic heterocycles. The summed E-state index contributed by atoms with van der Waals surface area (Å²) in [6.07, 6.45) is -0.346. The van der Waals surface area contributed by atoms with Crippen molar-refractivity contribution in [1.82, 2.24) is 4.31 Å². The van der Waals surface area contributed by atoms with E-state index in [4.69, 9.17) is 9.47 Å². The van der Waals surface area contributed by atoms with Gasteiger partial charge in [0.25, 0.3) is 0 Å². The first kappa shape index (κ1) is 18.7. The Kier molecular flexibility index (Phi) is 4.94. The Labute approximate surface area is 154 Å². The summed E-state index contributed by atoms with van der Waals surface area (Å²) in [6.45, 7) is 10.1. The minimum atomic E-state index is -3.63. The Hall–Kier alpha value is -2.12. The van der Waals surface area contributed by atoms with Crippen LogP contribution >= 0.6 is 0 Å². The third kappa shape index (κ3) is 3.17. The molecule has 0 amide bonds. The maximum Gasteiger partial charge on any atom is 0.341 e. The van der Waals surface area contributed by atoms with Crippen molar-refractivity contribution < 1.29 is 22.7 Å². The number of carbonyl (C=O) groups is 1. The zero-order chi connectivity index (χ0) is 19.1. The number of hydrogen-bond donors (Lipinski definition) is 0. The summed E-state index contributed by atoms with van der Waals surface area (Å²) in [5.41, 5.74) is 1.90. The molecule has 1 aromatic carbocycles. The van der Waals surface area contributed by atoms with E-state index in [-0.39, 0.29) is 36.6 Å². The van der Waals surface area contributed by atoms with Crippen LogP contribution in [0, 0.1) is 12.8 Å². The fourth-order valence-electron chi connectivity index (χ4n) is 3.42. The number of benzene rings is 1. The lowest BCUT2D eigenvalue weighted by atomic mass is 9.88. The third-order valence-electron chi connectivity index (χ3n) is 4.82. The van der Waals surface area contributed by atoms with E-state index >= 15 is 0 Å². The summed E-state index contributed by atoms with van der Waals surface area (Å²) < 4.78 is 38.2. The maximum absolute atomic E-state index is 12.9. The van der Waals surface area contributed by atoms with Gasteiger partial charge in [-0.25, -0.2) is 13.2 Å². The Morgan fingerprint density at radius 2 is 1.92 bits per heavy atom. The van der Waals surface area contributed by atoms with Crippen molar-refractivity contribution in [2.75, 3.05) is 19.7 Å². The third-order valence-corrected chi connectivity index (χ3v) is 6.67. The van der Waals surface area contributed by atoms with E-state index < -0.39 is 16.0 Å². The van der Waals surface area contributed by atoms with Gasteiger partial charge in [0.1, 0.15) is 17.4 Å². The van der Waals surface area contributed by atoms with Gasteiger partial charge in [0, 0.05) is 12.5 Å². The highest BCUT2D eigenvalue weighted by atomic mass is 32.2. The lowest BCUT2D eigenvalue weighted by Gasteiger charge is -2.29. The summed E-state index contributed by atoms with van der Waals surface area (Å²) >= 11 is 0. The molecule has 0 aliphatic carbocycles. The van der Waals surface area contributed by atoms with Crippen molar-refractivity contribution in [2.24, 2.45) is 5.92 Å². The molecule has 7 heteroatoms. The van der Waals surface area contributed by atoms with Crippen molar-refractivity contribution in [1.29, 1.82) is 0 Å². The van der Waals surface area contributed by atoms with E-state index in [1.54, 1.807) is 38.1 Å². The molecule has 3 rings (SSSR count). The molecule has 2 aliphatic rings. The van der Waals surface area contributed by atoms with Gasteiger partial charge in [-0.3, -0.25) is 0 Å². The van der Waals surface area contributed by atoms with Gasteiger partial charge < -0.3 is 9.47 Å². The molecule has 0 radical (unpaired) electrons. The standard InChI is InChI=1S/C19H23NO5S/c1-5-24-19(21)18-13(3)16-10-20(11-17(16)25-14(18)4)26(22,23)15-8-6-12(2)7-9-15/h6-9,16-17H,3,5,10-11H2,1-2,4H3. The smallest absolute Gasteiger partial charge is 0.341 e. The van der Waals surface area contributed by atoms with E-state index in [0.717, 1.165) is 5.56 Å². The van der Waals surface area contributed by atoms with Gasteiger partial charge in [-0.15, -0.1) is 0 Å². The Morgan fingerprint density at radius 1 is 1.27 bits per heavy atom. The van der Waals surface area contributed by atoms with Crippen LogP contribution in [0.1, 0.15) is 19.4 Å².